The molecule has 0 aliphatic carbocycles. The zero-order valence-corrected chi connectivity index (χ0v) is 9.34. The molecular formula is C10H12BrNO. The molecule has 2 nitrogen and oxygen atoms in total. The highest BCUT2D eigenvalue weighted by atomic mass is 79.9. The van der Waals surface area contributed by atoms with Crippen LogP contribution < -0.4 is 15.2 Å². The molecule has 0 saturated carbocycles. The summed E-state index contributed by atoms with van der Waals surface area (Å²) in [5, 5.41) is 13.0. The first kappa shape index (κ1) is 10.3. The fraction of sp³-hybridized carbons (Fsp3) is 0.300. The van der Waals surface area contributed by atoms with E-state index in [0.29, 0.717) is 0 Å². The van der Waals surface area contributed by atoms with E-state index in [2.05, 4.69) is 22.9 Å². The van der Waals surface area contributed by atoms with Crippen LogP contribution in [0, 0.1) is 5.21 Å². The molecular weight excluding hydrogens is 230 g/mol. The fourth-order valence-electron chi connectivity index (χ4n) is 1.16. The Hall–Kier alpha value is -0.830. The van der Waals surface area contributed by atoms with Crippen LogP contribution in [0.2, 0.25) is 0 Å². The van der Waals surface area contributed by atoms with Crippen LogP contribution in [0.1, 0.15) is 20.3 Å². The van der Waals surface area contributed by atoms with Crippen LogP contribution in [-0.2, 0) is 0 Å². The first-order chi connectivity index (χ1) is 6.19. The van der Waals surface area contributed by atoms with E-state index in [9.17, 15) is 5.21 Å². The predicted octanol–water partition coefficient (Wildman–Crippen LogP) is 1.03. The smallest absolute Gasteiger partial charge is 0.187 e. The maximum atomic E-state index is 11.0. The summed E-state index contributed by atoms with van der Waals surface area (Å²) in [4.78, 5) is 0. The molecule has 0 bridgehead atoms. The monoisotopic (exact) mass is 241 g/mol. The van der Waals surface area contributed by atoms with E-state index in [-0.39, 0.29) is 0 Å². The maximum Gasteiger partial charge on any atom is 0.187 e. The molecule has 0 aliphatic rings. The summed E-state index contributed by atoms with van der Waals surface area (Å²) in [5.74, 6) is 0. The molecule has 13 heavy (non-hydrogen) atoms. The van der Waals surface area contributed by atoms with Gasteiger partial charge in [0, 0.05) is 21.0 Å². The summed E-state index contributed by atoms with van der Waals surface area (Å²) in [5.41, 5.74) is 0. The third kappa shape index (κ3) is 2.31. The Labute approximate surface area is 85.9 Å². The van der Waals surface area contributed by atoms with Gasteiger partial charge < -0.3 is 5.21 Å². The molecule has 3 heteroatoms. The number of hydrogen-bond donors (Lipinski definition) is 0. The average molecular weight is 242 g/mol. The van der Waals surface area contributed by atoms with Crippen molar-refractivity contribution in [1.29, 1.82) is 0 Å². The van der Waals surface area contributed by atoms with Crippen molar-refractivity contribution < 1.29 is 4.73 Å². The SMILES string of the molecule is CC=c1c[n+]([O-])ccc1=C(Br)CC. The lowest BCUT2D eigenvalue weighted by Crippen LogP contribution is -2.38. The van der Waals surface area contributed by atoms with Gasteiger partial charge in [-0.2, -0.15) is 4.73 Å². The van der Waals surface area contributed by atoms with E-state index in [0.717, 1.165) is 26.1 Å². The van der Waals surface area contributed by atoms with Gasteiger partial charge in [-0.05, 0) is 13.3 Å². The van der Waals surface area contributed by atoms with Crippen LogP contribution >= 0.6 is 15.9 Å². The Morgan fingerprint density at radius 2 is 2.38 bits per heavy atom. The van der Waals surface area contributed by atoms with Crippen molar-refractivity contribution in [1.82, 2.24) is 0 Å². The number of rotatable bonds is 1. The summed E-state index contributed by atoms with van der Waals surface area (Å²) in [6.45, 7) is 4.00. The second kappa shape index (κ2) is 4.42. The van der Waals surface area contributed by atoms with Crippen molar-refractivity contribution in [3.63, 3.8) is 0 Å². The second-order valence-electron chi connectivity index (χ2n) is 2.72. The molecule has 0 fully saturated rings. The fourth-order valence-corrected chi connectivity index (χ4v) is 1.52. The lowest BCUT2D eigenvalue weighted by atomic mass is 10.2. The molecule has 1 heterocycles. The maximum absolute atomic E-state index is 11.0. The van der Waals surface area contributed by atoms with Crippen molar-refractivity contribution in [2.75, 3.05) is 0 Å². The highest BCUT2D eigenvalue weighted by Gasteiger charge is 1.95. The number of nitrogens with zero attached hydrogens (tertiary/aromatic N) is 1. The zero-order chi connectivity index (χ0) is 9.84. The third-order valence-corrected chi connectivity index (χ3v) is 2.87. The third-order valence-electron chi connectivity index (χ3n) is 1.88. The normalized spacial score (nSPS) is 14.5. The largest absolute Gasteiger partial charge is 0.619 e. The van der Waals surface area contributed by atoms with Crippen LogP contribution in [0.25, 0.3) is 10.6 Å². The van der Waals surface area contributed by atoms with Gasteiger partial charge in [0.1, 0.15) is 0 Å². The zero-order valence-electron chi connectivity index (χ0n) is 7.75. The molecule has 0 saturated heterocycles. The van der Waals surface area contributed by atoms with Gasteiger partial charge in [0.2, 0.25) is 0 Å². The van der Waals surface area contributed by atoms with Gasteiger partial charge in [0.05, 0.1) is 0 Å². The predicted molar refractivity (Wildman–Crippen MR) is 57.4 cm³/mol. The van der Waals surface area contributed by atoms with Crippen LogP contribution in [0.15, 0.2) is 18.5 Å². The minimum absolute atomic E-state index is 0.814. The quantitative estimate of drug-likeness (QED) is 0.533. The Bertz CT molecular complexity index is 411. The molecule has 0 aliphatic heterocycles. The Balaban J connectivity index is 3.58. The highest BCUT2D eigenvalue weighted by Crippen LogP contribution is 2.06. The summed E-state index contributed by atoms with van der Waals surface area (Å²) in [7, 11) is 0. The van der Waals surface area contributed by atoms with E-state index in [1.807, 2.05) is 19.1 Å². The summed E-state index contributed by atoms with van der Waals surface area (Å²) < 4.78 is 1.94. The Morgan fingerprint density at radius 3 is 2.92 bits per heavy atom. The van der Waals surface area contributed by atoms with E-state index < -0.39 is 0 Å². The standard InChI is InChI=1S/C10H12BrNO/c1-3-8-7-12(13)6-5-9(8)10(11)4-2/h3,5-7H,4H2,1-2H3. The molecule has 0 unspecified atom stereocenters. The van der Waals surface area contributed by atoms with Gasteiger partial charge in [-0.3, -0.25) is 0 Å². The molecule has 1 rings (SSSR count). The minimum Gasteiger partial charge on any atom is -0.619 e. The van der Waals surface area contributed by atoms with Gasteiger partial charge in [-0.15, -0.1) is 0 Å². The second-order valence-corrected chi connectivity index (χ2v) is 3.68. The molecule has 1 aromatic heterocycles. The highest BCUT2D eigenvalue weighted by molar-refractivity contribution is 9.14. The topological polar surface area (TPSA) is 26.9 Å². The number of pyridine rings is 1. The van der Waals surface area contributed by atoms with E-state index in [4.69, 9.17) is 0 Å². The van der Waals surface area contributed by atoms with Crippen molar-refractivity contribution in [3.05, 3.63) is 34.1 Å². The number of hydrogen-bond acceptors (Lipinski definition) is 1. The molecule has 70 valence electrons. The van der Waals surface area contributed by atoms with Crippen molar-refractivity contribution >= 4 is 26.5 Å². The lowest BCUT2D eigenvalue weighted by molar-refractivity contribution is -0.606. The summed E-state index contributed by atoms with van der Waals surface area (Å²) in [6.07, 6.45) is 5.95. The van der Waals surface area contributed by atoms with Crippen LogP contribution in [0.4, 0.5) is 0 Å². The van der Waals surface area contributed by atoms with Crippen LogP contribution in [-0.4, -0.2) is 0 Å². The Kier molecular flexibility index (Phi) is 3.48. The van der Waals surface area contributed by atoms with Gasteiger partial charge in [-0.25, -0.2) is 0 Å². The van der Waals surface area contributed by atoms with Gasteiger partial charge in [0.25, 0.3) is 0 Å². The number of aromatic nitrogens is 1. The van der Waals surface area contributed by atoms with E-state index in [1.165, 1.54) is 6.20 Å². The molecule has 0 atom stereocenters. The Morgan fingerprint density at radius 1 is 1.69 bits per heavy atom. The van der Waals surface area contributed by atoms with Crippen molar-refractivity contribution in [2.45, 2.75) is 20.3 Å². The molecule has 0 amide bonds. The summed E-state index contributed by atoms with van der Waals surface area (Å²) in [6, 6.07) is 1.83. The van der Waals surface area contributed by atoms with E-state index >= 15 is 0 Å². The van der Waals surface area contributed by atoms with Crippen LogP contribution in [0.3, 0.4) is 0 Å². The van der Waals surface area contributed by atoms with Gasteiger partial charge >= 0.3 is 0 Å². The molecule has 0 aromatic carbocycles. The van der Waals surface area contributed by atoms with Gasteiger partial charge in [0.15, 0.2) is 12.4 Å². The molecule has 1 aromatic rings. The molecule has 0 radical (unpaired) electrons. The van der Waals surface area contributed by atoms with Crippen molar-refractivity contribution in [3.8, 4) is 0 Å². The summed E-state index contributed by atoms with van der Waals surface area (Å²) >= 11 is 3.49. The number of halogens is 1. The average Bonchev–Trinajstić information content (AvgIpc) is 2.16. The van der Waals surface area contributed by atoms with Crippen molar-refractivity contribution in [2.24, 2.45) is 0 Å². The van der Waals surface area contributed by atoms with Gasteiger partial charge in [-0.1, -0.05) is 28.9 Å². The van der Waals surface area contributed by atoms with E-state index in [1.54, 1.807) is 6.20 Å². The molecule has 0 N–H and O–H groups in total. The molecule has 0 spiro atoms. The van der Waals surface area contributed by atoms with Crippen LogP contribution in [0.5, 0.6) is 0 Å². The minimum atomic E-state index is 0.814. The first-order valence-electron chi connectivity index (χ1n) is 4.23. The first-order valence-corrected chi connectivity index (χ1v) is 5.02. The lowest BCUT2D eigenvalue weighted by Gasteiger charge is -1.96.